The highest BCUT2D eigenvalue weighted by Crippen LogP contribution is 2.35. The second-order valence-electron chi connectivity index (χ2n) is 6.84. The maximum Gasteiger partial charge on any atom is 0.416 e. The number of alkyl halides is 3. The SMILES string of the molecule is O=C(CN1C(=O)S/C(=C/c2ccc(-c3cccc(C(F)(F)F)c3)o2)C1=O)c1ccccc1. The molecule has 1 aromatic heterocycles. The van der Waals surface area contributed by atoms with Gasteiger partial charge in [-0.1, -0.05) is 42.5 Å². The Balaban J connectivity index is 1.52. The summed E-state index contributed by atoms with van der Waals surface area (Å²) >= 11 is 0.662. The van der Waals surface area contributed by atoms with E-state index in [4.69, 9.17) is 4.42 Å². The predicted octanol–water partition coefficient (Wildman–Crippen LogP) is 5.88. The summed E-state index contributed by atoms with van der Waals surface area (Å²) in [7, 11) is 0. The monoisotopic (exact) mass is 457 g/mol. The topological polar surface area (TPSA) is 67.6 Å². The summed E-state index contributed by atoms with van der Waals surface area (Å²) in [5, 5.41) is -0.588. The first-order chi connectivity index (χ1) is 15.2. The molecule has 0 radical (unpaired) electrons. The fourth-order valence-corrected chi connectivity index (χ4v) is 3.88. The first kappa shape index (κ1) is 21.6. The van der Waals surface area contributed by atoms with E-state index in [0.717, 1.165) is 17.0 Å². The molecule has 0 N–H and O–H groups in total. The molecule has 0 saturated carbocycles. The molecule has 2 aromatic carbocycles. The van der Waals surface area contributed by atoms with Crippen LogP contribution in [0.4, 0.5) is 18.0 Å². The molecule has 4 rings (SSSR count). The van der Waals surface area contributed by atoms with Crippen LogP contribution in [-0.4, -0.2) is 28.4 Å². The van der Waals surface area contributed by atoms with Crippen LogP contribution in [0, 0.1) is 0 Å². The number of furan rings is 1. The highest BCUT2D eigenvalue weighted by Gasteiger charge is 2.36. The molecule has 9 heteroatoms. The number of imide groups is 1. The molecule has 0 spiro atoms. The smallest absolute Gasteiger partial charge is 0.416 e. The highest BCUT2D eigenvalue weighted by molar-refractivity contribution is 8.18. The van der Waals surface area contributed by atoms with Crippen molar-refractivity contribution in [1.82, 2.24) is 4.90 Å². The van der Waals surface area contributed by atoms with Crippen LogP contribution in [-0.2, 0) is 11.0 Å². The maximum atomic E-state index is 12.9. The van der Waals surface area contributed by atoms with Gasteiger partial charge in [0, 0.05) is 17.2 Å². The van der Waals surface area contributed by atoms with Gasteiger partial charge < -0.3 is 4.42 Å². The van der Waals surface area contributed by atoms with Gasteiger partial charge in [-0.3, -0.25) is 19.3 Å². The Kier molecular flexibility index (Phi) is 5.75. The second-order valence-corrected chi connectivity index (χ2v) is 7.83. The standard InChI is InChI=1S/C23H14F3NO4S/c24-23(25,26)16-8-4-7-15(11-16)19-10-9-17(31-19)12-20-21(29)27(22(30)32-20)13-18(28)14-5-2-1-3-6-14/h1-12H,13H2/b20-12+. The number of Topliss-reactive ketones (excluding diaryl/α,β-unsaturated/α-hetero) is 1. The largest absolute Gasteiger partial charge is 0.457 e. The molecule has 0 unspecified atom stereocenters. The third kappa shape index (κ3) is 4.52. The van der Waals surface area contributed by atoms with Gasteiger partial charge in [0.1, 0.15) is 11.5 Å². The number of rotatable bonds is 5. The Labute approximate surface area is 184 Å². The molecule has 1 aliphatic rings. The van der Waals surface area contributed by atoms with Gasteiger partial charge in [0.2, 0.25) is 0 Å². The Morgan fingerprint density at radius 1 is 1.00 bits per heavy atom. The van der Waals surface area contributed by atoms with Crippen molar-refractivity contribution >= 4 is 34.8 Å². The minimum absolute atomic E-state index is 0.0563. The van der Waals surface area contributed by atoms with Gasteiger partial charge in [0.05, 0.1) is 17.0 Å². The molecule has 162 valence electrons. The zero-order valence-electron chi connectivity index (χ0n) is 16.3. The molecule has 32 heavy (non-hydrogen) atoms. The average Bonchev–Trinajstić information content (AvgIpc) is 3.34. The lowest BCUT2D eigenvalue weighted by Crippen LogP contribution is -2.33. The lowest BCUT2D eigenvalue weighted by atomic mass is 10.1. The van der Waals surface area contributed by atoms with E-state index >= 15 is 0 Å². The number of carbonyl (C=O) groups excluding carboxylic acids is 3. The zero-order valence-corrected chi connectivity index (χ0v) is 17.1. The molecular weight excluding hydrogens is 443 g/mol. The van der Waals surface area contributed by atoms with E-state index in [-0.39, 0.29) is 34.3 Å². The molecule has 2 amide bonds. The number of nitrogens with zero attached hydrogens (tertiary/aromatic N) is 1. The number of thioether (sulfide) groups is 1. The van der Waals surface area contributed by atoms with Crippen LogP contribution in [0.15, 0.2) is 76.1 Å². The van der Waals surface area contributed by atoms with Gasteiger partial charge in [-0.05, 0) is 36.0 Å². The third-order valence-electron chi connectivity index (χ3n) is 4.65. The van der Waals surface area contributed by atoms with E-state index in [9.17, 15) is 27.6 Å². The normalized spacial score (nSPS) is 15.6. The molecule has 5 nitrogen and oxygen atoms in total. The molecule has 0 aliphatic carbocycles. The van der Waals surface area contributed by atoms with E-state index in [1.165, 1.54) is 30.3 Å². The van der Waals surface area contributed by atoms with E-state index < -0.39 is 22.9 Å². The van der Waals surface area contributed by atoms with Crippen LogP contribution >= 0.6 is 11.8 Å². The van der Waals surface area contributed by atoms with Gasteiger partial charge in [0.15, 0.2) is 5.78 Å². The number of halogens is 3. The summed E-state index contributed by atoms with van der Waals surface area (Å²) < 4.78 is 44.4. The molecule has 1 fully saturated rings. The summed E-state index contributed by atoms with van der Waals surface area (Å²) in [4.78, 5) is 38.1. The zero-order chi connectivity index (χ0) is 22.9. The second kappa shape index (κ2) is 8.51. The Morgan fingerprint density at radius 2 is 1.75 bits per heavy atom. The van der Waals surface area contributed by atoms with Gasteiger partial charge in [-0.15, -0.1) is 0 Å². The van der Waals surface area contributed by atoms with Crippen LogP contribution in [0.25, 0.3) is 17.4 Å². The van der Waals surface area contributed by atoms with Gasteiger partial charge >= 0.3 is 6.18 Å². The van der Waals surface area contributed by atoms with Crippen LogP contribution in [0.2, 0.25) is 0 Å². The number of hydrogen-bond acceptors (Lipinski definition) is 5. The van der Waals surface area contributed by atoms with E-state index in [2.05, 4.69) is 0 Å². The van der Waals surface area contributed by atoms with E-state index in [1.807, 2.05) is 0 Å². The van der Waals surface area contributed by atoms with E-state index in [1.54, 1.807) is 30.3 Å². The number of amides is 2. The lowest BCUT2D eigenvalue weighted by molar-refractivity contribution is -0.137. The van der Waals surface area contributed by atoms with Crippen molar-refractivity contribution in [3.8, 4) is 11.3 Å². The Hall–Kier alpha value is -3.59. The number of benzene rings is 2. The van der Waals surface area contributed by atoms with Crippen LogP contribution in [0.3, 0.4) is 0 Å². The van der Waals surface area contributed by atoms with Crippen LogP contribution < -0.4 is 0 Å². The summed E-state index contributed by atoms with van der Waals surface area (Å²) in [6, 6.07) is 15.9. The summed E-state index contributed by atoms with van der Waals surface area (Å²) in [5.74, 6) is -0.640. The van der Waals surface area contributed by atoms with E-state index in [0.29, 0.717) is 17.3 Å². The molecule has 0 atom stereocenters. The molecule has 1 aliphatic heterocycles. The van der Waals surface area contributed by atoms with Crippen molar-refractivity contribution < 1.29 is 32.0 Å². The molecule has 3 aromatic rings. The fraction of sp³-hybridized carbons (Fsp3) is 0.0870. The van der Waals surface area contributed by atoms with Crippen molar-refractivity contribution in [2.75, 3.05) is 6.54 Å². The molecule has 2 heterocycles. The van der Waals surface area contributed by atoms with Gasteiger partial charge in [0.25, 0.3) is 11.1 Å². The molecule has 0 bridgehead atoms. The maximum absolute atomic E-state index is 12.9. The number of hydrogen-bond donors (Lipinski definition) is 0. The lowest BCUT2D eigenvalue weighted by Gasteiger charge is -2.11. The van der Waals surface area contributed by atoms with Gasteiger partial charge in [-0.2, -0.15) is 13.2 Å². The average molecular weight is 457 g/mol. The first-order valence-corrected chi connectivity index (χ1v) is 10.1. The molecule has 1 saturated heterocycles. The predicted molar refractivity (Wildman–Crippen MR) is 113 cm³/mol. The Morgan fingerprint density at radius 3 is 2.47 bits per heavy atom. The van der Waals surface area contributed by atoms with Crippen molar-refractivity contribution in [3.05, 3.63) is 88.5 Å². The number of carbonyl (C=O) groups is 3. The third-order valence-corrected chi connectivity index (χ3v) is 5.55. The van der Waals surface area contributed by atoms with Crippen molar-refractivity contribution in [2.24, 2.45) is 0 Å². The summed E-state index contributed by atoms with van der Waals surface area (Å²) in [6.07, 6.45) is -3.16. The number of ketones is 1. The first-order valence-electron chi connectivity index (χ1n) is 9.33. The van der Waals surface area contributed by atoms with Crippen LogP contribution in [0.5, 0.6) is 0 Å². The Bertz CT molecular complexity index is 1230. The van der Waals surface area contributed by atoms with Gasteiger partial charge in [-0.25, -0.2) is 0 Å². The fourth-order valence-electron chi connectivity index (χ4n) is 3.06. The summed E-state index contributed by atoms with van der Waals surface area (Å²) in [5.41, 5.74) is -0.203. The minimum atomic E-state index is -4.48. The molecular formula is C23H14F3NO4S. The van der Waals surface area contributed by atoms with Crippen molar-refractivity contribution in [1.29, 1.82) is 0 Å². The van der Waals surface area contributed by atoms with Crippen molar-refractivity contribution in [3.63, 3.8) is 0 Å². The highest BCUT2D eigenvalue weighted by atomic mass is 32.2. The summed E-state index contributed by atoms with van der Waals surface area (Å²) in [6.45, 7) is -0.389. The minimum Gasteiger partial charge on any atom is -0.457 e. The van der Waals surface area contributed by atoms with Crippen molar-refractivity contribution in [2.45, 2.75) is 6.18 Å². The quantitative estimate of drug-likeness (QED) is 0.353. The van der Waals surface area contributed by atoms with Crippen LogP contribution in [0.1, 0.15) is 21.7 Å².